The van der Waals surface area contributed by atoms with Gasteiger partial charge in [0, 0.05) is 47.0 Å². The Morgan fingerprint density at radius 2 is 2.16 bits per heavy atom. The lowest BCUT2D eigenvalue weighted by Crippen LogP contribution is -2.20. The maximum absolute atomic E-state index is 7.45. The van der Waals surface area contributed by atoms with Crippen LogP contribution < -0.4 is 16.4 Å². The van der Waals surface area contributed by atoms with E-state index in [0.717, 1.165) is 47.6 Å². The van der Waals surface area contributed by atoms with Gasteiger partial charge in [0.2, 0.25) is 0 Å². The van der Waals surface area contributed by atoms with Crippen molar-refractivity contribution in [1.29, 1.82) is 5.41 Å². The van der Waals surface area contributed by atoms with Gasteiger partial charge < -0.3 is 26.8 Å². The second-order valence-corrected chi connectivity index (χ2v) is 6.10. The molecule has 0 unspecified atom stereocenters. The van der Waals surface area contributed by atoms with Gasteiger partial charge in [-0.25, -0.2) is 4.98 Å². The van der Waals surface area contributed by atoms with Gasteiger partial charge in [-0.2, -0.15) is 0 Å². The Morgan fingerprint density at radius 3 is 2.96 bits per heavy atom. The molecule has 0 bridgehead atoms. The zero-order valence-electron chi connectivity index (χ0n) is 13.8. The average Bonchev–Trinajstić information content (AvgIpc) is 3.09. The van der Waals surface area contributed by atoms with Crippen LogP contribution in [0.1, 0.15) is 17.7 Å². The molecule has 3 heterocycles. The number of hydrogen-bond donors (Lipinski definition) is 5. The molecular formula is C19H20N6. The summed E-state index contributed by atoms with van der Waals surface area (Å²) >= 11 is 0. The number of fused-ring (bicyclic) bond motifs is 1. The third-order valence-corrected chi connectivity index (χ3v) is 4.46. The fraction of sp³-hybridized carbons (Fsp3) is 0.158. The SMILES string of the molecule is N=Cc1cc(Nc2ccnc3[nH]c(C4=CCNCC4)cc23)ccc1N. The van der Waals surface area contributed by atoms with Crippen molar-refractivity contribution >= 4 is 39.9 Å². The summed E-state index contributed by atoms with van der Waals surface area (Å²) in [6, 6.07) is 9.70. The predicted octanol–water partition coefficient (Wildman–Crippen LogP) is 3.26. The zero-order chi connectivity index (χ0) is 17.2. The third kappa shape index (κ3) is 2.99. The highest BCUT2D eigenvalue weighted by Gasteiger charge is 2.12. The minimum absolute atomic E-state index is 0.599. The van der Waals surface area contributed by atoms with E-state index in [-0.39, 0.29) is 0 Å². The average molecular weight is 332 g/mol. The molecule has 6 N–H and O–H groups in total. The molecular weight excluding hydrogens is 312 g/mol. The van der Waals surface area contributed by atoms with Gasteiger partial charge in [0.15, 0.2) is 0 Å². The van der Waals surface area contributed by atoms with Crippen molar-refractivity contribution in [2.45, 2.75) is 6.42 Å². The van der Waals surface area contributed by atoms with E-state index in [1.807, 2.05) is 24.3 Å². The number of H-pyrrole nitrogens is 1. The smallest absolute Gasteiger partial charge is 0.139 e. The molecule has 3 aromatic rings. The minimum Gasteiger partial charge on any atom is -0.398 e. The summed E-state index contributed by atoms with van der Waals surface area (Å²) in [5.74, 6) is 0. The van der Waals surface area contributed by atoms with Crippen LogP contribution in [0.25, 0.3) is 16.6 Å². The molecule has 6 heteroatoms. The summed E-state index contributed by atoms with van der Waals surface area (Å²) in [6.07, 6.45) is 6.28. The van der Waals surface area contributed by atoms with Crippen molar-refractivity contribution in [3.8, 4) is 0 Å². The summed E-state index contributed by atoms with van der Waals surface area (Å²) in [5.41, 5.74) is 12.3. The molecule has 0 saturated carbocycles. The van der Waals surface area contributed by atoms with Gasteiger partial charge in [-0.15, -0.1) is 0 Å². The van der Waals surface area contributed by atoms with Crippen LogP contribution in [0.15, 0.2) is 42.6 Å². The van der Waals surface area contributed by atoms with Crippen LogP contribution in [0, 0.1) is 5.41 Å². The number of nitrogens with one attached hydrogen (secondary N) is 4. The van der Waals surface area contributed by atoms with Crippen molar-refractivity contribution in [3.63, 3.8) is 0 Å². The van der Waals surface area contributed by atoms with Crippen molar-refractivity contribution < 1.29 is 0 Å². The molecule has 126 valence electrons. The molecule has 1 aromatic carbocycles. The van der Waals surface area contributed by atoms with Crippen molar-refractivity contribution in [2.24, 2.45) is 0 Å². The molecule has 0 radical (unpaired) electrons. The largest absolute Gasteiger partial charge is 0.398 e. The molecule has 25 heavy (non-hydrogen) atoms. The number of nitrogens with two attached hydrogens (primary N) is 1. The molecule has 0 amide bonds. The number of rotatable bonds is 4. The quantitative estimate of drug-likeness (QED) is 0.374. The lowest BCUT2D eigenvalue weighted by atomic mass is 10.1. The topological polar surface area (TPSA) is 103 Å². The van der Waals surface area contributed by atoms with Crippen molar-refractivity contribution in [2.75, 3.05) is 24.1 Å². The molecule has 0 fully saturated rings. The monoisotopic (exact) mass is 332 g/mol. The minimum atomic E-state index is 0.599. The van der Waals surface area contributed by atoms with Gasteiger partial charge >= 0.3 is 0 Å². The second-order valence-electron chi connectivity index (χ2n) is 6.10. The van der Waals surface area contributed by atoms with Crippen molar-refractivity contribution in [1.82, 2.24) is 15.3 Å². The summed E-state index contributed by atoms with van der Waals surface area (Å²) in [6.45, 7) is 1.90. The first kappa shape index (κ1) is 15.4. The highest BCUT2D eigenvalue weighted by Crippen LogP contribution is 2.30. The Bertz CT molecular complexity index is 969. The second kappa shape index (κ2) is 6.41. The number of hydrogen-bond acceptors (Lipinski definition) is 5. The number of aromatic amines is 1. The molecule has 6 nitrogen and oxygen atoms in total. The van der Waals surface area contributed by atoms with Crippen molar-refractivity contribution in [3.05, 3.63) is 53.9 Å². The van der Waals surface area contributed by atoms with E-state index in [4.69, 9.17) is 11.1 Å². The summed E-state index contributed by atoms with van der Waals surface area (Å²) in [7, 11) is 0. The van der Waals surface area contributed by atoms with E-state index < -0.39 is 0 Å². The lowest BCUT2D eigenvalue weighted by Gasteiger charge is -2.12. The normalized spacial score (nSPS) is 14.3. The first-order chi connectivity index (χ1) is 12.2. The number of nitrogens with zero attached hydrogens (tertiary/aromatic N) is 1. The summed E-state index contributed by atoms with van der Waals surface area (Å²) in [4.78, 5) is 7.87. The van der Waals surface area contributed by atoms with Gasteiger partial charge in [-0.3, -0.25) is 0 Å². The van der Waals surface area contributed by atoms with Crippen LogP contribution in [0.5, 0.6) is 0 Å². The summed E-state index contributed by atoms with van der Waals surface area (Å²) < 4.78 is 0. The maximum Gasteiger partial charge on any atom is 0.139 e. The van der Waals surface area contributed by atoms with Crippen LogP contribution in [0.3, 0.4) is 0 Å². The van der Waals surface area contributed by atoms with Gasteiger partial charge in [0.25, 0.3) is 0 Å². The first-order valence-electron chi connectivity index (χ1n) is 8.29. The molecule has 0 aliphatic carbocycles. The highest BCUT2D eigenvalue weighted by molar-refractivity contribution is 5.95. The van der Waals surface area contributed by atoms with Gasteiger partial charge in [0.1, 0.15) is 5.65 Å². The van der Waals surface area contributed by atoms with E-state index in [0.29, 0.717) is 11.3 Å². The van der Waals surface area contributed by atoms with Crippen LogP contribution >= 0.6 is 0 Å². The Morgan fingerprint density at radius 1 is 1.24 bits per heavy atom. The van der Waals surface area contributed by atoms with Gasteiger partial charge in [-0.05, 0) is 48.9 Å². The Balaban J connectivity index is 1.71. The van der Waals surface area contributed by atoms with E-state index >= 15 is 0 Å². The van der Waals surface area contributed by atoms with Gasteiger partial charge in [0.05, 0.1) is 5.69 Å². The Kier molecular flexibility index (Phi) is 3.95. The molecule has 0 atom stereocenters. The number of pyridine rings is 1. The fourth-order valence-corrected chi connectivity index (χ4v) is 3.11. The zero-order valence-corrected chi connectivity index (χ0v) is 13.8. The number of nitrogen functional groups attached to an aromatic ring is 1. The van der Waals surface area contributed by atoms with E-state index in [1.54, 1.807) is 6.20 Å². The number of benzene rings is 1. The first-order valence-corrected chi connectivity index (χ1v) is 8.29. The highest BCUT2D eigenvalue weighted by atomic mass is 14.9. The van der Waals surface area contributed by atoms with E-state index in [1.165, 1.54) is 11.8 Å². The van der Waals surface area contributed by atoms with E-state index in [9.17, 15) is 0 Å². The summed E-state index contributed by atoms with van der Waals surface area (Å²) in [5, 5.41) is 15.2. The third-order valence-electron chi connectivity index (χ3n) is 4.46. The van der Waals surface area contributed by atoms with Crippen LogP contribution in [0.2, 0.25) is 0 Å². The molecule has 1 aliphatic heterocycles. The molecule has 0 saturated heterocycles. The van der Waals surface area contributed by atoms with Crippen LogP contribution in [0.4, 0.5) is 17.1 Å². The Labute approximate surface area is 145 Å². The molecule has 1 aliphatic rings. The standard InChI is InChI=1S/C19H20N6/c20-11-13-9-14(1-2-16(13)21)24-17-5-8-23-19-15(17)10-18(25-19)12-3-6-22-7-4-12/h1-3,5,8-11,20,22H,4,6-7,21H2,(H2,23,24,25). The number of aromatic nitrogens is 2. The lowest BCUT2D eigenvalue weighted by molar-refractivity contribution is 0.737. The van der Waals surface area contributed by atoms with Gasteiger partial charge in [-0.1, -0.05) is 6.08 Å². The fourth-order valence-electron chi connectivity index (χ4n) is 3.11. The Hall–Kier alpha value is -3.12. The maximum atomic E-state index is 7.45. The molecule has 4 rings (SSSR count). The molecule has 2 aromatic heterocycles. The van der Waals surface area contributed by atoms with E-state index in [2.05, 4.69) is 32.7 Å². The predicted molar refractivity (Wildman–Crippen MR) is 104 cm³/mol. The van der Waals surface area contributed by atoms with Crippen LogP contribution in [-0.2, 0) is 0 Å². The number of anilines is 3. The van der Waals surface area contributed by atoms with Crippen LogP contribution in [-0.4, -0.2) is 29.3 Å². The molecule has 0 spiro atoms.